The standard InChI is InChI=1S/C30H44N2O4/c1-30(2,3)32(29(34)36-21-25-14-9-15-26(18-25)35-4)20-28(33)27(31)19-24-13-8-12-23(17-24)16-22-10-6-5-7-11-22/h8-9,12-15,17-18,22,27-28,33H,5-7,10-11,16,19-21,31H2,1-4H3/t27-,28+/m0/s1. The molecule has 0 bridgehead atoms. The van der Waals surface area contributed by atoms with Crippen molar-refractivity contribution in [1.82, 2.24) is 4.90 Å². The number of ether oxygens (including phenoxy) is 2. The van der Waals surface area contributed by atoms with Crippen LogP contribution < -0.4 is 10.5 Å². The first kappa shape index (κ1) is 28.0. The third-order valence-electron chi connectivity index (χ3n) is 7.10. The molecule has 1 aliphatic rings. The third-order valence-corrected chi connectivity index (χ3v) is 7.10. The fourth-order valence-electron chi connectivity index (χ4n) is 4.95. The minimum Gasteiger partial charge on any atom is -0.497 e. The highest BCUT2D eigenvalue weighted by atomic mass is 16.6. The number of amides is 1. The highest BCUT2D eigenvalue weighted by Gasteiger charge is 2.31. The Morgan fingerprint density at radius 3 is 2.42 bits per heavy atom. The van der Waals surface area contributed by atoms with Crippen molar-refractivity contribution in [1.29, 1.82) is 0 Å². The number of aliphatic hydroxyl groups excluding tert-OH is 1. The van der Waals surface area contributed by atoms with Crippen LogP contribution in [0.2, 0.25) is 0 Å². The van der Waals surface area contributed by atoms with Crippen molar-refractivity contribution in [3.05, 3.63) is 65.2 Å². The van der Waals surface area contributed by atoms with Crippen LogP contribution in [0, 0.1) is 5.92 Å². The number of nitrogens with zero attached hydrogens (tertiary/aromatic N) is 1. The first-order valence-electron chi connectivity index (χ1n) is 13.2. The van der Waals surface area contributed by atoms with Gasteiger partial charge in [0.25, 0.3) is 0 Å². The van der Waals surface area contributed by atoms with Crippen LogP contribution in [0.3, 0.4) is 0 Å². The Bertz CT molecular complexity index is 965. The van der Waals surface area contributed by atoms with E-state index in [4.69, 9.17) is 15.2 Å². The van der Waals surface area contributed by atoms with Gasteiger partial charge in [-0.15, -0.1) is 0 Å². The van der Waals surface area contributed by atoms with Crippen LogP contribution in [0.25, 0.3) is 0 Å². The van der Waals surface area contributed by atoms with Crippen molar-refractivity contribution in [3.63, 3.8) is 0 Å². The van der Waals surface area contributed by atoms with Gasteiger partial charge in [-0.2, -0.15) is 0 Å². The van der Waals surface area contributed by atoms with Crippen LogP contribution >= 0.6 is 0 Å². The topological polar surface area (TPSA) is 85.0 Å². The summed E-state index contributed by atoms with van der Waals surface area (Å²) in [5.74, 6) is 1.48. The van der Waals surface area contributed by atoms with Crippen LogP contribution in [-0.4, -0.2) is 47.4 Å². The van der Waals surface area contributed by atoms with Crippen LogP contribution in [0.5, 0.6) is 5.75 Å². The van der Waals surface area contributed by atoms with Gasteiger partial charge in [0, 0.05) is 11.6 Å². The monoisotopic (exact) mass is 496 g/mol. The molecule has 6 nitrogen and oxygen atoms in total. The average Bonchev–Trinajstić information content (AvgIpc) is 2.86. The highest BCUT2D eigenvalue weighted by Crippen LogP contribution is 2.27. The van der Waals surface area contributed by atoms with Crippen molar-refractivity contribution in [2.24, 2.45) is 11.7 Å². The van der Waals surface area contributed by atoms with E-state index in [1.807, 2.05) is 45.0 Å². The molecule has 0 radical (unpaired) electrons. The summed E-state index contributed by atoms with van der Waals surface area (Å²) >= 11 is 0. The third kappa shape index (κ3) is 8.52. The molecule has 1 saturated carbocycles. The summed E-state index contributed by atoms with van der Waals surface area (Å²) in [6.45, 7) is 5.99. The number of nitrogens with two attached hydrogens (primary N) is 1. The molecule has 0 aliphatic heterocycles. The Kier molecular flexibility index (Phi) is 10.2. The van der Waals surface area contributed by atoms with Crippen LogP contribution in [-0.2, 0) is 24.2 Å². The molecule has 0 heterocycles. The first-order valence-corrected chi connectivity index (χ1v) is 13.2. The zero-order valence-corrected chi connectivity index (χ0v) is 22.4. The van der Waals surface area contributed by atoms with Crippen molar-refractivity contribution in [2.75, 3.05) is 13.7 Å². The molecule has 0 saturated heterocycles. The van der Waals surface area contributed by atoms with Crippen LogP contribution in [0.4, 0.5) is 4.79 Å². The van der Waals surface area contributed by atoms with E-state index in [0.717, 1.165) is 23.5 Å². The second-order valence-corrected chi connectivity index (χ2v) is 11.2. The summed E-state index contributed by atoms with van der Waals surface area (Å²) in [7, 11) is 1.60. The van der Waals surface area contributed by atoms with E-state index >= 15 is 0 Å². The van der Waals surface area contributed by atoms with Gasteiger partial charge in [0.1, 0.15) is 12.4 Å². The molecule has 6 heteroatoms. The second kappa shape index (κ2) is 13.1. The number of hydrogen-bond donors (Lipinski definition) is 2. The predicted molar refractivity (Wildman–Crippen MR) is 144 cm³/mol. The normalized spacial score (nSPS) is 16.3. The lowest BCUT2D eigenvalue weighted by Gasteiger charge is -2.37. The first-order chi connectivity index (χ1) is 17.2. The summed E-state index contributed by atoms with van der Waals surface area (Å²) in [4.78, 5) is 14.5. The summed E-state index contributed by atoms with van der Waals surface area (Å²) in [5, 5.41) is 11.0. The summed E-state index contributed by atoms with van der Waals surface area (Å²) in [6.07, 6.45) is 6.99. The number of benzene rings is 2. The molecule has 36 heavy (non-hydrogen) atoms. The maximum Gasteiger partial charge on any atom is 0.410 e. The zero-order chi connectivity index (χ0) is 26.1. The van der Waals surface area contributed by atoms with E-state index < -0.39 is 23.8 Å². The molecule has 2 aromatic rings. The van der Waals surface area contributed by atoms with Gasteiger partial charge in [0.15, 0.2) is 0 Å². The second-order valence-electron chi connectivity index (χ2n) is 11.2. The molecule has 198 valence electrons. The fourth-order valence-corrected chi connectivity index (χ4v) is 4.95. The SMILES string of the molecule is COc1cccc(COC(=O)N(C[C@@H](O)[C@@H](N)Cc2cccc(CC3CCCCC3)c2)C(C)(C)C)c1. The largest absolute Gasteiger partial charge is 0.497 e. The molecule has 0 spiro atoms. The molecular formula is C30H44N2O4. The Labute approximate surface area is 216 Å². The lowest BCUT2D eigenvalue weighted by atomic mass is 9.84. The highest BCUT2D eigenvalue weighted by molar-refractivity contribution is 5.68. The lowest BCUT2D eigenvalue weighted by Crippen LogP contribution is -2.53. The maximum atomic E-state index is 13.0. The zero-order valence-electron chi connectivity index (χ0n) is 22.4. The van der Waals surface area contributed by atoms with Gasteiger partial charge < -0.3 is 25.2 Å². The molecule has 3 rings (SSSR count). The minimum atomic E-state index is -0.879. The van der Waals surface area contributed by atoms with Crippen molar-refractivity contribution >= 4 is 6.09 Å². The molecule has 1 amide bonds. The van der Waals surface area contributed by atoms with E-state index in [1.165, 1.54) is 37.7 Å². The van der Waals surface area contributed by atoms with E-state index in [-0.39, 0.29) is 13.2 Å². The molecule has 2 aromatic carbocycles. The van der Waals surface area contributed by atoms with Gasteiger partial charge >= 0.3 is 6.09 Å². The van der Waals surface area contributed by atoms with Crippen LogP contribution in [0.15, 0.2) is 48.5 Å². The van der Waals surface area contributed by atoms with E-state index in [9.17, 15) is 9.90 Å². The summed E-state index contributed by atoms with van der Waals surface area (Å²) in [6, 6.07) is 15.5. The van der Waals surface area contributed by atoms with Gasteiger partial charge in [-0.25, -0.2) is 4.79 Å². The molecule has 2 atom stereocenters. The van der Waals surface area contributed by atoms with Gasteiger partial charge in [-0.05, 0) is 68.4 Å². The number of carbonyl (C=O) groups is 1. The van der Waals surface area contributed by atoms with E-state index in [0.29, 0.717) is 12.2 Å². The Morgan fingerprint density at radius 1 is 1.06 bits per heavy atom. The number of carbonyl (C=O) groups excluding carboxylic acids is 1. The molecule has 1 fully saturated rings. The smallest absolute Gasteiger partial charge is 0.410 e. The fraction of sp³-hybridized carbons (Fsp3) is 0.567. The maximum absolute atomic E-state index is 13.0. The number of methoxy groups -OCH3 is 1. The Hall–Kier alpha value is -2.57. The molecular weight excluding hydrogens is 452 g/mol. The van der Waals surface area contributed by atoms with E-state index in [2.05, 4.69) is 24.3 Å². The van der Waals surface area contributed by atoms with Crippen molar-refractivity contribution in [3.8, 4) is 5.75 Å². The molecule has 0 unspecified atom stereocenters. The molecule has 0 aromatic heterocycles. The number of rotatable bonds is 10. The van der Waals surface area contributed by atoms with Crippen molar-refractivity contribution < 1.29 is 19.4 Å². The molecule has 1 aliphatic carbocycles. The summed E-state index contributed by atoms with van der Waals surface area (Å²) < 4.78 is 10.8. The predicted octanol–water partition coefficient (Wildman–Crippen LogP) is 5.49. The summed E-state index contributed by atoms with van der Waals surface area (Å²) in [5.41, 5.74) is 9.20. The van der Waals surface area contributed by atoms with Gasteiger partial charge in [0.2, 0.25) is 0 Å². The van der Waals surface area contributed by atoms with E-state index in [1.54, 1.807) is 12.0 Å². The average molecular weight is 497 g/mol. The number of hydrogen-bond acceptors (Lipinski definition) is 5. The lowest BCUT2D eigenvalue weighted by molar-refractivity contribution is 0.0267. The van der Waals surface area contributed by atoms with Gasteiger partial charge in [-0.1, -0.05) is 68.5 Å². The molecule has 3 N–H and O–H groups in total. The van der Waals surface area contributed by atoms with Gasteiger partial charge in [0.05, 0.1) is 19.8 Å². The Morgan fingerprint density at radius 2 is 1.72 bits per heavy atom. The van der Waals surface area contributed by atoms with Crippen molar-refractivity contribution in [2.45, 2.75) is 90.0 Å². The minimum absolute atomic E-state index is 0.101. The number of aliphatic hydroxyl groups is 1. The van der Waals surface area contributed by atoms with Crippen LogP contribution in [0.1, 0.15) is 69.6 Å². The van der Waals surface area contributed by atoms with Gasteiger partial charge in [-0.3, -0.25) is 0 Å². The quantitative estimate of drug-likeness (QED) is 0.455. The number of β-amino-alcohol motifs (C(OH)–C–C–N with tert-alkyl or cyclic N) is 1. The Balaban J connectivity index is 1.57.